The van der Waals surface area contributed by atoms with Gasteiger partial charge in [-0.05, 0) is 45.9 Å². The Morgan fingerprint density at radius 1 is 0.588 bits per heavy atom. The second-order valence-electron chi connectivity index (χ2n) is 10.6. The summed E-state index contributed by atoms with van der Waals surface area (Å²) in [6.07, 6.45) is 4.42. The zero-order valence-corrected chi connectivity index (χ0v) is 22.8. The Kier molecular flexibility index (Phi) is 8.59. The third-order valence-electron chi connectivity index (χ3n) is 6.87. The largest absolute Gasteiger partial charge is 0.468 e. The van der Waals surface area contributed by atoms with Gasteiger partial charge in [0, 0.05) is 38.0 Å². The zero-order valence-electron chi connectivity index (χ0n) is 22.8. The Hall–Kier alpha value is -2.17. The molecule has 0 spiro atoms. The van der Waals surface area contributed by atoms with Crippen molar-refractivity contribution in [2.75, 3.05) is 23.8 Å². The summed E-state index contributed by atoms with van der Waals surface area (Å²) in [4.78, 5) is 4.76. The van der Waals surface area contributed by atoms with Gasteiger partial charge in [-0.1, -0.05) is 91.8 Å². The van der Waals surface area contributed by atoms with Gasteiger partial charge in [-0.25, -0.2) is 0 Å². The average molecular weight is 460 g/mol. The van der Waals surface area contributed by atoms with E-state index in [1.807, 2.05) is 0 Å². The summed E-state index contributed by atoms with van der Waals surface area (Å²) in [5.74, 6) is 1.59. The molecule has 0 aromatic heterocycles. The highest BCUT2D eigenvalue weighted by Crippen LogP contribution is 2.42. The van der Waals surface area contributed by atoms with E-state index in [1.165, 1.54) is 33.6 Å². The fourth-order valence-corrected chi connectivity index (χ4v) is 5.09. The van der Waals surface area contributed by atoms with Crippen LogP contribution in [-0.4, -0.2) is 28.1 Å². The van der Waals surface area contributed by atoms with Crippen molar-refractivity contribution in [3.8, 4) is 0 Å². The van der Waals surface area contributed by atoms with E-state index in [4.69, 9.17) is 9.31 Å². The molecule has 2 aromatic carbocycles. The van der Waals surface area contributed by atoms with E-state index < -0.39 is 7.01 Å². The number of hydrogen-bond donors (Lipinski definition) is 0. The second-order valence-corrected chi connectivity index (χ2v) is 10.6. The van der Waals surface area contributed by atoms with Gasteiger partial charge in [0.1, 0.15) is 0 Å². The third-order valence-corrected chi connectivity index (χ3v) is 6.87. The molecule has 182 valence electrons. The van der Waals surface area contributed by atoms with E-state index in [9.17, 15) is 0 Å². The molecule has 2 aromatic rings. The molecule has 0 saturated carbocycles. The van der Waals surface area contributed by atoms with Crippen molar-refractivity contribution in [1.82, 2.24) is 0 Å². The maximum atomic E-state index is 5.94. The minimum atomic E-state index is -0.435. The molecule has 1 aliphatic rings. The first-order chi connectivity index (χ1) is 16.1. The van der Waals surface area contributed by atoms with Crippen LogP contribution in [0.2, 0.25) is 0 Å². The van der Waals surface area contributed by atoms with Gasteiger partial charge in [0.25, 0.3) is 0 Å². The predicted octanol–water partition coefficient (Wildman–Crippen LogP) is 7.33. The Balaban J connectivity index is 2.27. The van der Waals surface area contributed by atoms with Gasteiger partial charge < -0.3 is 18.9 Å². The summed E-state index contributed by atoms with van der Waals surface area (Å²) >= 11 is 0. The SMILES string of the molecule is COB(OC)B1N(c2c(C(C)C)cccc2C(C)C)C=CN1c1c(C(C)C)cccc1C(C)C. The number of anilines is 2. The van der Waals surface area contributed by atoms with Gasteiger partial charge in [-0.3, -0.25) is 0 Å². The van der Waals surface area contributed by atoms with E-state index in [1.54, 1.807) is 14.2 Å². The minimum Gasteiger partial charge on any atom is -0.417 e. The molecule has 0 radical (unpaired) electrons. The fourth-order valence-electron chi connectivity index (χ4n) is 5.09. The lowest BCUT2D eigenvalue weighted by Crippen LogP contribution is -2.58. The lowest BCUT2D eigenvalue weighted by molar-refractivity contribution is 0.296. The van der Waals surface area contributed by atoms with Crippen LogP contribution in [-0.2, 0) is 9.31 Å². The van der Waals surface area contributed by atoms with Crippen LogP contribution >= 0.6 is 0 Å². The van der Waals surface area contributed by atoms with Gasteiger partial charge in [0.2, 0.25) is 0 Å². The lowest BCUT2D eigenvalue weighted by atomic mass is 9.38. The van der Waals surface area contributed by atoms with Gasteiger partial charge in [0.05, 0.1) is 0 Å². The van der Waals surface area contributed by atoms with Crippen molar-refractivity contribution >= 4 is 25.3 Å². The maximum absolute atomic E-state index is 5.94. The Labute approximate surface area is 208 Å². The molecule has 0 bridgehead atoms. The van der Waals surface area contributed by atoms with Crippen molar-refractivity contribution < 1.29 is 9.31 Å². The first-order valence-electron chi connectivity index (χ1n) is 12.7. The van der Waals surface area contributed by atoms with E-state index in [0.717, 1.165) is 0 Å². The highest BCUT2D eigenvalue weighted by molar-refractivity contribution is 7.20. The van der Waals surface area contributed by atoms with Crippen LogP contribution in [0.4, 0.5) is 11.4 Å². The predicted molar refractivity (Wildman–Crippen MR) is 149 cm³/mol. The molecule has 0 aliphatic carbocycles. The van der Waals surface area contributed by atoms with Gasteiger partial charge in [-0.15, -0.1) is 0 Å². The van der Waals surface area contributed by atoms with Crippen LogP contribution in [0.1, 0.15) is 101 Å². The van der Waals surface area contributed by atoms with E-state index in [2.05, 4.69) is 114 Å². The molecule has 1 aliphatic heterocycles. The Morgan fingerprint density at radius 2 is 0.882 bits per heavy atom. The highest BCUT2D eigenvalue weighted by Gasteiger charge is 2.48. The summed E-state index contributed by atoms with van der Waals surface area (Å²) in [6.45, 7) is 18.0. The molecular weight excluding hydrogens is 418 g/mol. The molecule has 0 N–H and O–H groups in total. The Bertz CT molecular complexity index is 874. The van der Waals surface area contributed by atoms with E-state index >= 15 is 0 Å². The first kappa shape index (κ1) is 26.4. The molecule has 0 atom stereocenters. The van der Waals surface area contributed by atoms with Crippen LogP contribution in [0.15, 0.2) is 48.8 Å². The summed E-state index contributed by atoms with van der Waals surface area (Å²) in [6, 6.07) is 13.4. The van der Waals surface area contributed by atoms with Crippen LogP contribution < -0.4 is 9.62 Å². The molecule has 3 rings (SSSR count). The number of para-hydroxylation sites is 2. The van der Waals surface area contributed by atoms with Gasteiger partial charge in [-0.2, -0.15) is 0 Å². The molecule has 4 nitrogen and oxygen atoms in total. The van der Waals surface area contributed by atoms with Crippen molar-refractivity contribution in [3.05, 3.63) is 71.1 Å². The van der Waals surface area contributed by atoms with Gasteiger partial charge >= 0.3 is 13.9 Å². The molecule has 0 saturated heterocycles. The lowest BCUT2D eigenvalue weighted by Gasteiger charge is -2.37. The summed E-state index contributed by atoms with van der Waals surface area (Å²) in [7, 11) is 3.03. The molecule has 6 heteroatoms. The summed E-state index contributed by atoms with van der Waals surface area (Å²) in [5, 5.41) is 0. The molecule has 0 amide bonds. The van der Waals surface area contributed by atoms with Crippen molar-refractivity contribution in [3.63, 3.8) is 0 Å². The zero-order chi connectivity index (χ0) is 25.2. The number of benzene rings is 2. The standard InChI is InChI=1S/C28H42B2N2O2/c1-19(2)23-13-11-14-24(20(3)4)27(23)31-17-18-32(29(31)30(33-9)34-10)28-25(21(5)6)15-12-16-26(28)22(7)8/h11-22H,1-10H3. The summed E-state index contributed by atoms with van der Waals surface area (Å²) in [5.41, 5.74) is 7.90. The fraction of sp³-hybridized carbons (Fsp3) is 0.500. The van der Waals surface area contributed by atoms with E-state index in [0.29, 0.717) is 23.7 Å². The van der Waals surface area contributed by atoms with Crippen LogP contribution in [0.3, 0.4) is 0 Å². The third kappa shape index (κ3) is 4.94. The Morgan fingerprint density at radius 3 is 1.12 bits per heavy atom. The minimum absolute atomic E-state index is 0.162. The average Bonchev–Trinajstić information content (AvgIpc) is 3.22. The molecule has 0 fully saturated rings. The summed E-state index contributed by atoms with van der Waals surface area (Å²) < 4.78 is 11.9. The second kappa shape index (κ2) is 11.0. The van der Waals surface area contributed by atoms with Crippen molar-refractivity contribution in [1.29, 1.82) is 0 Å². The number of hydrogen-bond acceptors (Lipinski definition) is 4. The van der Waals surface area contributed by atoms with Crippen molar-refractivity contribution in [2.45, 2.75) is 79.1 Å². The van der Waals surface area contributed by atoms with Gasteiger partial charge in [0.15, 0.2) is 0 Å². The van der Waals surface area contributed by atoms with E-state index in [-0.39, 0.29) is 6.87 Å². The highest BCUT2D eigenvalue weighted by atomic mass is 16.6. The van der Waals surface area contributed by atoms with Crippen LogP contribution in [0, 0.1) is 0 Å². The number of nitrogens with zero attached hydrogens (tertiary/aromatic N) is 2. The maximum Gasteiger partial charge on any atom is 0.468 e. The van der Waals surface area contributed by atoms with Crippen molar-refractivity contribution in [2.24, 2.45) is 0 Å². The van der Waals surface area contributed by atoms with Crippen LogP contribution in [0.25, 0.3) is 0 Å². The quantitative estimate of drug-likeness (QED) is 0.366. The molecule has 0 unspecified atom stereocenters. The normalized spacial score (nSPS) is 14.0. The first-order valence-corrected chi connectivity index (χ1v) is 12.7. The molecular formula is C28H42B2N2O2. The smallest absolute Gasteiger partial charge is 0.417 e. The molecule has 1 heterocycles. The number of rotatable bonds is 9. The topological polar surface area (TPSA) is 24.9 Å². The molecule has 34 heavy (non-hydrogen) atoms. The monoisotopic (exact) mass is 460 g/mol. The van der Waals surface area contributed by atoms with Crippen LogP contribution in [0.5, 0.6) is 0 Å².